The quantitative estimate of drug-likeness (QED) is 0.758. The first kappa shape index (κ1) is 12.5. The van der Waals surface area contributed by atoms with Crippen LogP contribution in [0.4, 0.5) is 0 Å². The summed E-state index contributed by atoms with van der Waals surface area (Å²) in [5, 5.41) is 0. The predicted molar refractivity (Wildman–Crippen MR) is 62.5 cm³/mol. The molecular weight excluding hydrogens is 188 g/mol. The topological polar surface area (TPSA) is 46.3 Å². The molecule has 0 radical (unpaired) electrons. The Morgan fingerprint density at radius 1 is 1.40 bits per heavy atom. The van der Waals surface area contributed by atoms with Crippen molar-refractivity contribution in [2.75, 3.05) is 13.1 Å². The Labute approximate surface area is 93.0 Å². The van der Waals surface area contributed by atoms with E-state index in [9.17, 15) is 4.79 Å². The van der Waals surface area contributed by atoms with Crippen LogP contribution in [0.2, 0.25) is 0 Å². The molecule has 1 amide bonds. The van der Waals surface area contributed by atoms with Crippen molar-refractivity contribution in [3.05, 3.63) is 0 Å². The minimum atomic E-state index is 0.0771. The van der Waals surface area contributed by atoms with Gasteiger partial charge in [0.05, 0.1) is 0 Å². The standard InChI is InChI=1S/C12H24N2O/c1-12(2,3)8-11(15)14-7-5-4-6-10(14)9-13/h10H,4-9,13H2,1-3H3. The number of hydrogen-bond acceptors (Lipinski definition) is 2. The molecule has 1 heterocycles. The number of nitrogens with two attached hydrogens (primary N) is 1. The van der Waals surface area contributed by atoms with Crippen LogP contribution in [0.15, 0.2) is 0 Å². The third-order valence-electron chi connectivity index (χ3n) is 2.90. The highest BCUT2D eigenvalue weighted by Crippen LogP contribution is 2.23. The molecule has 0 aliphatic carbocycles. The van der Waals surface area contributed by atoms with Gasteiger partial charge in [0.25, 0.3) is 0 Å². The molecule has 0 aromatic heterocycles. The first-order valence-corrected chi connectivity index (χ1v) is 5.93. The Morgan fingerprint density at radius 2 is 2.07 bits per heavy atom. The molecule has 1 atom stereocenters. The van der Waals surface area contributed by atoms with Gasteiger partial charge in [-0.1, -0.05) is 20.8 Å². The maximum Gasteiger partial charge on any atom is 0.223 e. The fourth-order valence-corrected chi connectivity index (χ4v) is 2.13. The van der Waals surface area contributed by atoms with Crippen molar-refractivity contribution in [3.63, 3.8) is 0 Å². The molecule has 1 fully saturated rings. The second kappa shape index (κ2) is 4.97. The Hall–Kier alpha value is -0.570. The van der Waals surface area contributed by atoms with Crippen LogP contribution in [-0.4, -0.2) is 29.9 Å². The highest BCUT2D eigenvalue weighted by molar-refractivity contribution is 5.77. The lowest BCUT2D eigenvalue weighted by atomic mass is 9.90. The molecule has 3 heteroatoms. The van der Waals surface area contributed by atoms with Gasteiger partial charge in [0.15, 0.2) is 0 Å². The smallest absolute Gasteiger partial charge is 0.223 e. The summed E-state index contributed by atoms with van der Waals surface area (Å²) in [5.74, 6) is 0.276. The molecule has 0 bridgehead atoms. The molecule has 1 unspecified atom stereocenters. The van der Waals surface area contributed by atoms with E-state index in [2.05, 4.69) is 20.8 Å². The predicted octanol–water partition coefficient (Wildman–Crippen LogP) is 1.76. The van der Waals surface area contributed by atoms with Crippen LogP contribution >= 0.6 is 0 Å². The summed E-state index contributed by atoms with van der Waals surface area (Å²) in [6.07, 6.45) is 4.05. The second-order valence-electron chi connectivity index (χ2n) is 5.71. The van der Waals surface area contributed by atoms with E-state index in [4.69, 9.17) is 5.73 Å². The van der Waals surface area contributed by atoms with Crippen molar-refractivity contribution in [2.45, 2.75) is 52.5 Å². The van der Waals surface area contributed by atoms with Crippen molar-refractivity contribution in [1.29, 1.82) is 0 Å². The SMILES string of the molecule is CC(C)(C)CC(=O)N1CCCCC1CN. The summed E-state index contributed by atoms with van der Waals surface area (Å²) in [5.41, 5.74) is 5.78. The zero-order valence-electron chi connectivity index (χ0n) is 10.3. The molecule has 1 aliphatic rings. The summed E-state index contributed by atoms with van der Waals surface area (Å²) >= 11 is 0. The van der Waals surface area contributed by atoms with Gasteiger partial charge < -0.3 is 10.6 Å². The van der Waals surface area contributed by atoms with Gasteiger partial charge in [-0.05, 0) is 24.7 Å². The van der Waals surface area contributed by atoms with Gasteiger partial charge in [-0.3, -0.25) is 4.79 Å². The number of amides is 1. The minimum absolute atomic E-state index is 0.0771. The molecule has 2 N–H and O–H groups in total. The summed E-state index contributed by atoms with van der Waals surface area (Å²) < 4.78 is 0. The monoisotopic (exact) mass is 212 g/mol. The van der Waals surface area contributed by atoms with E-state index >= 15 is 0 Å². The van der Waals surface area contributed by atoms with Gasteiger partial charge in [0, 0.05) is 25.6 Å². The Bertz CT molecular complexity index is 220. The minimum Gasteiger partial charge on any atom is -0.338 e. The summed E-state index contributed by atoms with van der Waals surface area (Å²) in [4.78, 5) is 14.0. The van der Waals surface area contributed by atoms with Crippen LogP contribution in [0.1, 0.15) is 46.5 Å². The number of rotatable bonds is 2. The molecule has 88 valence electrons. The van der Waals surface area contributed by atoms with Crippen LogP contribution in [0.3, 0.4) is 0 Å². The fourth-order valence-electron chi connectivity index (χ4n) is 2.13. The van der Waals surface area contributed by atoms with E-state index in [1.54, 1.807) is 0 Å². The molecule has 1 saturated heterocycles. The maximum atomic E-state index is 12.1. The molecular formula is C12H24N2O. The van der Waals surface area contributed by atoms with E-state index in [0.717, 1.165) is 19.4 Å². The molecule has 15 heavy (non-hydrogen) atoms. The van der Waals surface area contributed by atoms with Crippen LogP contribution < -0.4 is 5.73 Å². The highest BCUT2D eigenvalue weighted by Gasteiger charge is 2.28. The molecule has 0 spiro atoms. The van der Waals surface area contributed by atoms with E-state index < -0.39 is 0 Å². The Morgan fingerprint density at radius 3 is 2.60 bits per heavy atom. The summed E-state index contributed by atoms with van der Waals surface area (Å²) in [6, 6.07) is 0.286. The Balaban J connectivity index is 2.56. The molecule has 1 rings (SSSR count). The van der Waals surface area contributed by atoms with Crippen LogP contribution in [0.25, 0.3) is 0 Å². The number of carbonyl (C=O) groups excluding carboxylic acids is 1. The molecule has 0 aromatic carbocycles. The lowest BCUT2D eigenvalue weighted by Gasteiger charge is -2.36. The summed E-state index contributed by atoms with van der Waals surface area (Å²) in [7, 11) is 0. The van der Waals surface area contributed by atoms with Gasteiger partial charge in [-0.25, -0.2) is 0 Å². The number of piperidine rings is 1. The number of likely N-dealkylation sites (tertiary alicyclic amines) is 1. The van der Waals surface area contributed by atoms with E-state index in [0.29, 0.717) is 13.0 Å². The normalized spacial score (nSPS) is 22.9. The second-order valence-corrected chi connectivity index (χ2v) is 5.71. The van der Waals surface area contributed by atoms with Crippen LogP contribution in [0.5, 0.6) is 0 Å². The van der Waals surface area contributed by atoms with Gasteiger partial charge in [-0.2, -0.15) is 0 Å². The number of carbonyl (C=O) groups is 1. The van der Waals surface area contributed by atoms with E-state index in [-0.39, 0.29) is 17.4 Å². The zero-order valence-corrected chi connectivity index (χ0v) is 10.3. The Kier molecular flexibility index (Phi) is 4.14. The van der Waals surface area contributed by atoms with Gasteiger partial charge in [-0.15, -0.1) is 0 Å². The number of hydrogen-bond donors (Lipinski definition) is 1. The molecule has 3 nitrogen and oxygen atoms in total. The van der Waals surface area contributed by atoms with Crippen molar-refractivity contribution >= 4 is 5.91 Å². The van der Waals surface area contributed by atoms with Gasteiger partial charge in [0.1, 0.15) is 0 Å². The first-order valence-electron chi connectivity index (χ1n) is 5.93. The average Bonchev–Trinajstić information content (AvgIpc) is 2.15. The van der Waals surface area contributed by atoms with Gasteiger partial charge >= 0.3 is 0 Å². The summed E-state index contributed by atoms with van der Waals surface area (Å²) in [6.45, 7) is 7.82. The lowest BCUT2D eigenvalue weighted by Crippen LogP contribution is -2.48. The molecule has 0 aromatic rings. The van der Waals surface area contributed by atoms with Crippen molar-refractivity contribution in [1.82, 2.24) is 4.90 Å². The zero-order chi connectivity index (χ0) is 11.5. The van der Waals surface area contributed by atoms with Crippen molar-refractivity contribution in [3.8, 4) is 0 Å². The molecule has 1 aliphatic heterocycles. The van der Waals surface area contributed by atoms with Crippen LogP contribution in [0, 0.1) is 5.41 Å². The van der Waals surface area contributed by atoms with Crippen molar-refractivity contribution in [2.24, 2.45) is 11.1 Å². The fraction of sp³-hybridized carbons (Fsp3) is 0.917. The maximum absolute atomic E-state index is 12.1. The van der Waals surface area contributed by atoms with E-state index in [1.807, 2.05) is 4.90 Å². The first-order chi connectivity index (χ1) is 6.94. The lowest BCUT2D eigenvalue weighted by molar-refractivity contribution is -0.136. The average molecular weight is 212 g/mol. The van der Waals surface area contributed by atoms with E-state index in [1.165, 1.54) is 6.42 Å². The van der Waals surface area contributed by atoms with Gasteiger partial charge in [0.2, 0.25) is 5.91 Å². The third kappa shape index (κ3) is 3.82. The van der Waals surface area contributed by atoms with Crippen LogP contribution in [-0.2, 0) is 4.79 Å². The molecule has 0 saturated carbocycles. The van der Waals surface area contributed by atoms with Crippen molar-refractivity contribution < 1.29 is 4.79 Å². The number of nitrogens with zero attached hydrogens (tertiary/aromatic N) is 1. The highest BCUT2D eigenvalue weighted by atomic mass is 16.2. The third-order valence-corrected chi connectivity index (χ3v) is 2.90. The largest absolute Gasteiger partial charge is 0.338 e.